The molecule has 0 saturated carbocycles. The summed E-state index contributed by atoms with van der Waals surface area (Å²) >= 11 is 9.84. The normalized spacial score (nSPS) is 13.4. The van der Waals surface area contributed by atoms with Crippen molar-refractivity contribution in [2.75, 3.05) is 18.6 Å². The van der Waals surface area contributed by atoms with E-state index >= 15 is 0 Å². The van der Waals surface area contributed by atoms with Crippen molar-refractivity contribution in [2.45, 2.75) is 19.9 Å². The third kappa shape index (κ3) is 4.35. The molecule has 1 N–H and O–H groups in total. The molecule has 0 amide bonds. The molecule has 0 aliphatic heterocycles. The topological polar surface area (TPSA) is 12.0 Å². The number of halogens is 1. The molecular formula is C11H18ClNS2. The Morgan fingerprint density at radius 2 is 2.20 bits per heavy atom. The van der Waals surface area contributed by atoms with Crippen LogP contribution in [0.1, 0.15) is 24.8 Å². The van der Waals surface area contributed by atoms with Crippen LogP contribution in [0.2, 0.25) is 5.02 Å². The molecule has 1 heterocycles. The van der Waals surface area contributed by atoms with E-state index in [1.165, 1.54) is 10.6 Å². The lowest BCUT2D eigenvalue weighted by Crippen LogP contribution is -2.18. The largest absolute Gasteiger partial charge is 0.312 e. The first-order valence-electron chi connectivity index (χ1n) is 5.13. The summed E-state index contributed by atoms with van der Waals surface area (Å²) in [6.45, 7) is 4.50. The Labute approximate surface area is 106 Å². The molecule has 0 bridgehead atoms. The lowest BCUT2D eigenvalue weighted by molar-refractivity contribution is 0.671. The van der Waals surface area contributed by atoms with Gasteiger partial charge in [0.15, 0.2) is 0 Å². The molecule has 1 rings (SSSR count). The van der Waals surface area contributed by atoms with Gasteiger partial charge in [-0.05, 0) is 30.2 Å². The van der Waals surface area contributed by atoms with Gasteiger partial charge in [-0.1, -0.05) is 25.4 Å². The number of nitrogens with one attached hydrogen (secondary N) is 1. The second-order valence-electron chi connectivity index (χ2n) is 3.91. The van der Waals surface area contributed by atoms with Crippen molar-refractivity contribution in [1.82, 2.24) is 5.32 Å². The molecule has 1 nitrogen and oxygen atoms in total. The molecule has 0 saturated heterocycles. The van der Waals surface area contributed by atoms with Gasteiger partial charge in [0, 0.05) is 10.6 Å². The summed E-state index contributed by atoms with van der Waals surface area (Å²) in [6, 6.07) is 2.36. The van der Waals surface area contributed by atoms with Crippen molar-refractivity contribution in [3.8, 4) is 0 Å². The molecule has 4 heteroatoms. The minimum absolute atomic E-state index is 0.390. The Balaban J connectivity index is 2.46. The molecule has 0 aromatic carbocycles. The first-order chi connectivity index (χ1) is 7.15. The first-order valence-corrected chi connectivity index (χ1v) is 7.54. The predicted octanol–water partition coefficient (Wildman–Crippen LogP) is 4.05. The number of thioether (sulfide) groups is 1. The van der Waals surface area contributed by atoms with Crippen molar-refractivity contribution in [2.24, 2.45) is 5.92 Å². The average molecular weight is 264 g/mol. The Hall–Kier alpha value is 0.300. The van der Waals surface area contributed by atoms with Crippen LogP contribution in [-0.2, 0) is 0 Å². The number of rotatable bonds is 6. The van der Waals surface area contributed by atoms with Crippen LogP contribution in [0.25, 0.3) is 0 Å². The van der Waals surface area contributed by atoms with Crippen molar-refractivity contribution in [3.63, 3.8) is 0 Å². The summed E-state index contributed by atoms with van der Waals surface area (Å²) in [5, 5.41) is 6.27. The Morgan fingerprint density at radius 3 is 2.67 bits per heavy atom. The molecular weight excluding hydrogens is 246 g/mol. The van der Waals surface area contributed by atoms with E-state index in [1.807, 2.05) is 24.9 Å². The monoisotopic (exact) mass is 263 g/mol. The van der Waals surface area contributed by atoms with Gasteiger partial charge in [-0.15, -0.1) is 11.3 Å². The highest BCUT2D eigenvalue weighted by Crippen LogP contribution is 2.30. The summed E-state index contributed by atoms with van der Waals surface area (Å²) in [4.78, 5) is 1.26. The highest BCUT2D eigenvalue weighted by molar-refractivity contribution is 7.99. The fourth-order valence-corrected chi connectivity index (χ4v) is 3.85. The van der Waals surface area contributed by atoms with E-state index < -0.39 is 0 Å². The molecule has 15 heavy (non-hydrogen) atoms. The van der Waals surface area contributed by atoms with E-state index in [-0.39, 0.29) is 0 Å². The highest BCUT2D eigenvalue weighted by Gasteiger charge is 2.14. The number of hydrogen-bond donors (Lipinski definition) is 1. The minimum atomic E-state index is 0.390. The van der Waals surface area contributed by atoms with E-state index in [1.54, 1.807) is 11.3 Å². The zero-order chi connectivity index (χ0) is 11.3. The second-order valence-corrected chi connectivity index (χ2v) is 6.34. The van der Waals surface area contributed by atoms with Crippen LogP contribution >= 0.6 is 34.7 Å². The van der Waals surface area contributed by atoms with Crippen molar-refractivity contribution in [3.05, 3.63) is 21.3 Å². The zero-order valence-electron chi connectivity index (χ0n) is 9.42. The van der Waals surface area contributed by atoms with Gasteiger partial charge in [-0.25, -0.2) is 0 Å². The van der Waals surface area contributed by atoms with E-state index in [0.29, 0.717) is 6.04 Å². The van der Waals surface area contributed by atoms with Gasteiger partial charge in [0.2, 0.25) is 0 Å². The van der Waals surface area contributed by atoms with E-state index in [2.05, 4.69) is 24.5 Å². The Morgan fingerprint density at radius 1 is 1.47 bits per heavy atom. The van der Waals surface area contributed by atoms with Crippen LogP contribution in [0.3, 0.4) is 0 Å². The smallest absolute Gasteiger partial charge is 0.0561 e. The predicted molar refractivity (Wildman–Crippen MR) is 73.3 cm³/mol. The van der Waals surface area contributed by atoms with Gasteiger partial charge in [0.25, 0.3) is 0 Å². The molecule has 1 aromatic rings. The molecule has 0 aliphatic carbocycles. The molecule has 0 aliphatic rings. The maximum Gasteiger partial charge on any atom is 0.0561 e. The molecule has 1 unspecified atom stereocenters. The highest BCUT2D eigenvalue weighted by atomic mass is 35.5. The maximum atomic E-state index is 6.12. The quantitative estimate of drug-likeness (QED) is 0.831. The third-order valence-corrected chi connectivity index (χ3v) is 4.99. The summed E-state index contributed by atoms with van der Waals surface area (Å²) in [7, 11) is 2.00. The standard InChI is InChI=1S/C11H18ClNS2/c1-8(2)6-14-7-10(13-3)11-9(12)4-5-15-11/h4-5,8,10,13H,6-7H2,1-3H3. The molecule has 1 atom stereocenters. The van der Waals surface area contributed by atoms with Gasteiger partial charge >= 0.3 is 0 Å². The Kier molecular flexibility index (Phi) is 6.05. The number of hydrogen-bond acceptors (Lipinski definition) is 3. The van der Waals surface area contributed by atoms with E-state index in [4.69, 9.17) is 11.6 Å². The lowest BCUT2D eigenvalue weighted by Gasteiger charge is -2.15. The Bertz CT molecular complexity index is 286. The van der Waals surface area contributed by atoms with Crippen LogP contribution in [0.4, 0.5) is 0 Å². The van der Waals surface area contributed by atoms with Gasteiger partial charge < -0.3 is 5.32 Å². The van der Waals surface area contributed by atoms with E-state index in [9.17, 15) is 0 Å². The average Bonchev–Trinajstić information content (AvgIpc) is 2.59. The summed E-state index contributed by atoms with van der Waals surface area (Å²) in [5.41, 5.74) is 0. The number of thiophene rings is 1. The van der Waals surface area contributed by atoms with Crippen molar-refractivity contribution in [1.29, 1.82) is 0 Å². The van der Waals surface area contributed by atoms with Crippen molar-refractivity contribution < 1.29 is 0 Å². The third-order valence-electron chi connectivity index (χ3n) is 2.05. The fraction of sp³-hybridized carbons (Fsp3) is 0.636. The minimum Gasteiger partial charge on any atom is -0.312 e. The van der Waals surface area contributed by atoms with Crippen molar-refractivity contribution >= 4 is 34.7 Å². The molecule has 86 valence electrons. The SMILES string of the molecule is CNC(CSCC(C)C)c1sccc1Cl. The molecule has 1 aromatic heterocycles. The summed E-state index contributed by atoms with van der Waals surface area (Å²) < 4.78 is 0. The van der Waals surface area contributed by atoms with Crippen LogP contribution < -0.4 is 5.32 Å². The van der Waals surface area contributed by atoms with Gasteiger partial charge in [-0.2, -0.15) is 11.8 Å². The van der Waals surface area contributed by atoms with Crippen LogP contribution in [0.5, 0.6) is 0 Å². The lowest BCUT2D eigenvalue weighted by atomic mass is 10.3. The molecule has 0 spiro atoms. The first kappa shape index (κ1) is 13.4. The molecule has 0 radical (unpaired) electrons. The van der Waals surface area contributed by atoms with Crippen LogP contribution in [0.15, 0.2) is 11.4 Å². The second kappa shape index (κ2) is 6.79. The van der Waals surface area contributed by atoms with E-state index in [0.717, 1.165) is 16.7 Å². The van der Waals surface area contributed by atoms with Crippen LogP contribution in [0, 0.1) is 5.92 Å². The summed E-state index contributed by atoms with van der Waals surface area (Å²) in [6.07, 6.45) is 0. The zero-order valence-corrected chi connectivity index (χ0v) is 11.8. The summed E-state index contributed by atoms with van der Waals surface area (Å²) in [5.74, 6) is 3.06. The van der Waals surface area contributed by atoms with Gasteiger partial charge in [-0.3, -0.25) is 0 Å². The van der Waals surface area contributed by atoms with Gasteiger partial charge in [0.05, 0.1) is 11.1 Å². The molecule has 0 fully saturated rings. The van der Waals surface area contributed by atoms with Crippen LogP contribution in [-0.4, -0.2) is 18.6 Å². The van der Waals surface area contributed by atoms with Gasteiger partial charge in [0.1, 0.15) is 0 Å². The maximum absolute atomic E-state index is 6.12. The fourth-order valence-electron chi connectivity index (χ4n) is 1.27.